The Morgan fingerprint density at radius 2 is 1.56 bits per heavy atom. The van der Waals surface area contributed by atoms with Crippen LogP contribution in [0.1, 0.15) is 16.7 Å². The second kappa shape index (κ2) is 8.88. The van der Waals surface area contributed by atoms with Crippen LogP contribution in [0.15, 0.2) is 53.4 Å². The van der Waals surface area contributed by atoms with Crippen LogP contribution < -0.4 is 9.64 Å². The first-order valence-corrected chi connectivity index (χ1v) is 12.1. The fourth-order valence-corrected chi connectivity index (χ4v) is 5.77. The van der Waals surface area contributed by atoms with E-state index in [9.17, 15) is 8.42 Å². The first-order chi connectivity index (χ1) is 15.3. The molecule has 0 radical (unpaired) electrons. The third-order valence-corrected chi connectivity index (χ3v) is 7.98. The van der Waals surface area contributed by atoms with Crippen molar-refractivity contribution in [3.63, 3.8) is 0 Å². The molecule has 2 heterocycles. The number of sulfonamides is 1. The van der Waals surface area contributed by atoms with Gasteiger partial charge in [-0.1, -0.05) is 24.3 Å². The zero-order valence-corrected chi connectivity index (χ0v) is 19.7. The lowest BCUT2D eigenvalue weighted by molar-refractivity contribution is 0.382. The topological polar surface area (TPSA) is 75.6 Å². The van der Waals surface area contributed by atoms with Crippen molar-refractivity contribution in [2.24, 2.45) is 0 Å². The molecule has 1 aliphatic heterocycles. The van der Waals surface area contributed by atoms with Gasteiger partial charge in [0.15, 0.2) is 5.82 Å². The van der Waals surface area contributed by atoms with Gasteiger partial charge in [0.05, 0.1) is 17.7 Å². The third kappa shape index (κ3) is 4.20. The maximum Gasteiger partial charge on any atom is 0.243 e. The Kier molecular flexibility index (Phi) is 6.17. The molecule has 0 atom stereocenters. The minimum absolute atomic E-state index is 0.339. The molecule has 0 aliphatic carbocycles. The first kappa shape index (κ1) is 22.2. The van der Waals surface area contributed by atoms with Crippen molar-refractivity contribution >= 4 is 15.8 Å². The van der Waals surface area contributed by atoms with Crippen LogP contribution in [-0.4, -0.2) is 56.2 Å². The quantitative estimate of drug-likeness (QED) is 0.589. The summed E-state index contributed by atoms with van der Waals surface area (Å²) < 4.78 is 33.4. The lowest BCUT2D eigenvalue weighted by Crippen LogP contribution is -2.49. The number of nitrogens with zero attached hydrogens (tertiary/aromatic N) is 4. The van der Waals surface area contributed by atoms with Crippen LogP contribution in [0.4, 0.5) is 5.82 Å². The lowest BCUT2D eigenvalue weighted by Gasteiger charge is -2.34. The molecule has 0 N–H and O–H groups in total. The first-order valence-electron chi connectivity index (χ1n) is 10.6. The zero-order chi connectivity index (χ0) is 22.9. The number of aromatic nitrogens is 2. The Balaban J connectivity index is 1.47. The van der Waals surface area contributed by atoms with Gasteiger partial charge in [0.25, 0.3) is 0 Å². The fraction of sp³-hybridized carbons (Fsp3) is 0.333. The molecule has 1 aromatic heterocycles. The van der Waals surface area contributed by atoms with Crippen molar-refractivity contribution in [3.05, 3.63) is 65.2 Å². The predicted octanol–water partition coefficient (Wildman–Crippen LogP) is 3.59. The van der Waals surface area contributed by atoms with Crippen LogP contribution in [0.2, 0.25) is 0 Å². The number of anilines is 1. The van der Waals surface area contributed by atoms with Crippen LogP contribution in [-0.2, 0) is 10.0 Å². The van der Waals surface area contributed by atoms with Crippen molar-refractivity contribution in [1.29, 1.82) is 0 Å². The molecular formula is C24H28N4O3S. The summed E-state index contributed by atoms with van der Waals surface area (Å²) >= 11 is 0. The average molecular weight is 453 g/mol. The van der Waals surface area contributed by atoms with Gasteiger partial charge in [0, 0.05) is 31.7 Å². The van der Waals surface area contributed by atoms with Crippen LogP contribution in [0, 0.1) is 20.8 Å². The molecule has 1 fully saturated rings. The minimum atomic E-state index is -3.58. The monoisotopic (exact) mass is 452 g/mol. The summed E-state index contributed by atoms with van der Waals surface area (Å²) in [5.74, 6) is 1.45. The Bertz CT molecular complexity index is 1220. The number of methoxy groups -OCH3 is 1. The summed E-state index contributed by atoms with van der Waals surface area (Å²) in [7, 11) is -1.99. The third-order valence-electron chi connectivity index (χ3n) is 5.94. The van der Waals surface area contributed by atoms with Crippen LogP contribution in [0.3, 0.4) is 0 Å². The van der Waals surface area contributed by atoms with Crippen LogP contribution in [0.5, 0.6) is 5.75 Å². The summed E-state index contributed by atoms with van der Waals surface area (Å²) in [6.45, 7) is 7.63. The van der Waals surface area contributed by atoms with E-state index in [-0.39, 0.29) is 0 Å². The summed E-state index contributed by atoms with van der Waals surface area (Å²) in [5.41, 5.74) is 4.54. The number of rotatable bonds is 5. The highest BCUT2D eigenvalue weighted by Gasteiger charge is 2.30. The molecule has 1 aliphatic rings. The van der Waals surface area contributed by atoms with E-state index in [1.165, 1.54) is 0 Å². The van der Waals surface area contributed by atoms with E-state index < -0.39 is 10.0 Å². The van der Waals surface area contributed by atoms with E-state index in [1.807, 2.05) is 37.3 Å². The smallest absolute Gasteiger partial charge is 0.243 e. The molecule has 7 nitrogen and oxygen atoms in total. The minimum Gasteiger partial charge on any atom is -0.496 e. The van der Waals surface area contributed by atoms with Gasteiger partial charge in [-0.15, -0.1) is 10.2 Å². The number of hydrogen-bond acceptors (Lipinski definition) is 6. The van der Waals surface area contributed by atoms with Gasteiger partial charge >= 0.3 is 0 Å². The summed E-state index contributed by atoms with van der Waals surface area (Å²) in [6.07, 6.45) is 0. The molecule has 0 spiro atoms. The highest BCUT2D eigenvalue weighted by Crippen LogP contribution is 2.29. The number of benzene rings is 2. The summed E-state index contributed by atoms with van der Waals surface area (Å²) in [6, 6.07) is 15.5. The van der Waals surface area contributed by atoms with Crippen molar-refractivity contribution in [2.75, 3.05) is 38.2 Å². The van der Waals surface area contributed by atoms with E-state index >= 15 is 0 Å². The van der Waals surface area contributed by atoms with Gasteiger partial charge < -0.3 is 9.64 Å². The molecule has 0 saturated carbocycles. The molecule has 168 valence electrons. The van der Waals surface area contributed by atoms with Gasteiger partial charge in [-0.3, -0.25) is 0 Å². The molecule has 0 unspecified atom stereocenters. The lowest BCUT2D eigenvalue weighted by atomic mass is 10.1. The summed E-state index contributed by atoms with van der Waals surface area (Å²) in [4.78, 5) is 2.42. The highest BCUT2D eigenvalue weighted by molar-refractivity contribution is 7.89. The van der Waals surface area contributed by atoms with Crippen molar-refractivity contribution in [2.45, 2.75) is 25.7 Å². The molecule has 2 aromatic carbocycles. The molecular weight excluding hydrogens is 424 g/mol. The molecule has 3 aromatic rings. The van der Waals surface area contributed by atoms with Gasteiger partial charge in [-0.05, 0) is 61.7 Å². The van der Waals surface area contributed by atoms with Gasteiger partial charge in [-0.25, -0.2) is 8.42 Å². The second-order valence-corrected chi connectivity index (χ2v) is 9.98. The second-order valence-electron chi connectivity index (χ2n) is 8.07. The Labute approximate surface area is 189 Å². The molecule has 4 rings (SSSR count). The number of ether oxygens (including phenoxy) is 1. The van der Waals surface area contributed by atoms with E-state index in [4.69, 9.17) is 4.74 Å². The molecule has 8 heteroatoms. The molecule has 1 saturated heterocycles. The van der Waals surface area contributed by atoms with E-state index in [0.717, 1.165) is 28.2 Å². The van der Waals surface area contributed by atoms with E-state index in [2.05, 4.69) is 28.1 Å². The van der Waals surface area contributed by atoms with E-state index in [1.54, 1.807) is 30.5 Å². The SMILES string of the molecule is COc1cc(C)c(S(=O)(=O)N2CCN(c3ccc(-c4ccccc4C)nn3)CC2)cc1C. The largest absolute Gasteiger partial charge is 0.496 e. The molecule has 0 bridgehead atoms. The standard InChI is InChI=1S/C24H28N4O3S/c1-17-7-5-6-8-20(17)21-9-10-24(26-25-21)27-11-13-28(14-12-27)32(29,30)23-16-18(2)22(31-4)15-19(23)3/h5-10,15-16H,11-14H2,1-4H3. The fourth-order valence-electron chi connectivity index (χ4n) is 4.06. The normalized spacial score (nSPS) is 15.1. The Morgan fingerprint density at radius 1 is 0.844 bits per heavy atom. The molecule has 0 amide bonds. The molecule has 32 heavy (non-hydrogen) atoms. The number of aryl methyl sites for hydroxylation is 3. The van der Waals surface area contributed by atoms with Crippen molar-refractivity contribution in [1.82, 2.24) is 14.5 Å². The highest BCUT2D eigenvalue weighted by atomic mass is 32.2. The van der Waals surface area contributed by atoms with Gasteiger partial charge in [0.1, 0.15) is 5.75 Å². The Morgan fingerprint density at radius 3 is 2.19 bits per heavy atom. The van der Waals surface area contributed by atoms with E-state index in [0.29, 0.717) is 42.4 Å². The maximum atomic E-state index is 13.3. The van der Waals surface area contributed by atoms with Crippen LogP contribution in [0.25, 0.3) is 11.3 Å². The van der Waals surface area contributed by atoms with Crippen molar-refractivity contribution < 1.29 is 13.2 Å². The maximum absolute atomic E-state index is 13.3. The number of piperazine rings is 1. The van der Waals surface area contributed by atoms with Gasteiger partial charge in [-0.2, -0.15) is 4.31 Å². The van der Waals surface area contributed by atoms with Crippen molar-refractivity contribution in [3.8, 4) is 17.0 Å². The van der Waals surface area contributed by atoms with Crippen LogP contribution >= 0.6 is 0 Å². The Hall–Kier alpha value is -2.97. The number of hydrogen-bond donors (Lipinski definition) is 0. The average Bonchev–Trinajstić information content (AvgIpc) is 2.81. The predicted molar refractivity (Wildman–Crippen MR) is 126 cm³/mol. The van der Waals surface area contributed by atoms with Gasteiger partial charge in [0.2, 0.25) is 10.0 Å². The summed E-state index contributed by atoms with van der Waals surface area (Å²) in [5, 5.41) is 8.81. The zero-order valence-electron chi connectivity index (χ0n) is 18.9.